The van der Waals surface area contributed by atoms with Crippen LogP contribution in [0.1, 0.15) is 65.4 Å². The van der Waals surface area contributed by atoms with Gasteiger partial charge >= 0.3 is 0 Å². The fraction of sp³-hybridized carbons (Fsp3) is 0.682. The molecule has 0 aromatic heterocycles. The van der Waals surface area contributed by atoms with Gasteiger partial charge in [-0.05, 0) is 39.0 Å². The molecule has 0 bridgehead atoms. The van der Waals surface area contributed by atoms with E-state index in [0.717, 1.165) is 37.7 Å². The molecule has 0 aliphatic rings. The maximum Gasteiger partial charge on any atom is 0.218 e. The molecule has 1 N–H and O–H groups in total. The van der Waals surface area contributed by atoms with Crippen LogP contribution < -0.4 is 0 Å². The Morgan fingerprint density at radius 1 is 1.04 bits per heavy atom. The monoisotopic (exact) mass is 361 g/mol. The highest BCUT2D eigenvalue weighted by Gasteiger charge is 2.33. The second kappa shape index (κ2) is 11.3. The van der Waals surface area contributed by atoms with Crippen molar-refractivity contribution in [2.45, 2.75) is 65.6 Å². The van der Waals surface area contributed by atoms with Crippen molar-refractivity contribution < 1.29 is 14.6 Å². The average molecular weight is 362 g/mol. The first-order valence-electron chi connectivity index (χ1n) is 9.71. The van der Waals surface area contributed by atoms with Gasteiger partial charge in [0.15, 0.2) is 0 Å². The summed E-state index contributed by atoms with van der Waals surface area (Å²) in [5.41, 5.74) is 0.580. The van der Waals surface area contributed by atoms with Gasteiger partial charge in [0, 0.05) is 5.56 Å². The maximum absolute atomic E-state index is 10.1. The van der Waals surface area contributed by atoms with Crippen LogP contribution in [0.4, 0.5) is 0 Å². The Bertz CT molecular complexity index is 536. The van der Waals surface area contributed by atoms with Crippen LogP contribution in [-0.4, -0.2) is 24.9 Å². The van der Waals surface area contributed by atoms with Crippen LogP contribution in [0.2, 0.25) is 0 Å². The summed E-state index contributed by atoms with van der Waals surface area (Å²) in [6, 6.07) is 12.0. The summed E-state index contributed by atoms with van der Waals surface area (Å²) < 4.78 is 12.1. The zero-order chi connectivity index (χ0) is 19.5. The van der Waals surface area contributed by atoms with Crippen LogP contribution in [0.5, 0.6) is 0 Å². The van der Waals surface area contributed by atoms with Crippen molar-refractivity contribution in [3.05, 3.63) is 35.9 Å². The van der Waals surface area contributed by atoms with E-state index >= 15 is 0 Å². The summed E-state index contributed by atoms with van der Waals surface area (Å²) in [5.74, 6) is -0.562. The molecule has 0 saturated carbocycles. The van der Waals surface area contributed by atoms with Gasteiger partial charge in [-0.1, -0.05) is 57.0 Å². The molecule has 146 valence electrons. The molecule has 0 aliphatic carbocycles. The Morgan fingerprint density at radius 3 is 2.27 bits per heavy atom. The van der Waals surface area contributed by atoms with Crippen LogP contribution in [0, 0.1) is 22.7 Å². The first-order valence-corrected chi connectivity index (χ1v) is 9.71. The molecular formula is C22H35NO3. The van der Waals surface area contributed by atoms with Crippen LogP contribution in [-0.2, 0) is 15.3 Å². The Balaban J connectivity index is 2.58. The van der Waals surface area contributed by atoms with Crippen molar-refractivity contribution in [2.24, 2.45) is 11.3 Å². The van der Waals surface area contributed by atoms with Crippen LogP contribution in [0.25, 0.3) is 0 Å². The molecule has 0 aliphatic heterocycles. The molecule has 0 radical (unpaired) electrons. The molecule has 1 atom stereocenters. The molecule has 1 unspecified atom stereocenters. The third kappa shape index (κ3) is 7.86. The first-order chi connectivity index (χ1) is 12.4. The zero-order valence-corrected chi connectivity index (χ0v) is 16.8. The van der Waals surface area contributed by atoms with E-state index in [1.54, 1.807) is 0 Å². The quantitative estimate of drug-likeness (QED) is 0.396. The topological polar surface area (TPSA) is 62.5 Å². The van der Waals surface area contributed by atoms with Crippen molar-refractivity contribution in [2.75, 3.05) is 19.8 Å². The van der Waals surface area contributed by atoms with Gasteiger partial charge in [0.05, 0.1) is 24.7 Å². The van der Waals surface area contributed by atoms with Crippen molar-refractivity contribution in [1.29, 1.82) is 5.26 Å². The largest absolute Gasteiger partial charge is 0.390 e. The number of hydrogen-bond acceptors (Lipinski definition) is 4. The Morgan fingerprint density at radius 2 is 1.69 bits per heavy atom. The molecule has 1 aromatic carbocycles. The third-order valence-corrected chi connectivity index (χ3v) is 4.54. The number of ether oxygens (including phenoxy) is 2. The zero-order valence-electron chi connectivity index (χ0n) is 16.8. The fourth-order valence-electron chi connectivity index (χ4n) is 2.68. The predicted octanol–water partition coefficient (Wildman–Crippen LogP) is 5.02. The fourth-order valence-corrected chi connectivity index (χ4v) is 2.68. The van der Waals surface area contributed by atoms with Gasteiger partial charge in [-0.2, -0.15) is 5.26 Å². The highest BCUT2D eigenvalue weighted by Crippen LogP contribution is 2.28. The van der Waals surface area contributed by atoms with Crippen molar-refractivity contribution in [3.63, 3.8) is 0 Å². The van der Waals surface area contributed by atoms with Crippen molar-refractivity contribution >= 4 is 0 Å². The smallest absolute Gasteiger partial charge is 0.218 e. The van der Waals surface area contributed by atoms with Gasteiger partial charge in [0.2, 0.25) is 5.79 Å². The average Bonchev–Trinajstić information content (AvgIpc) is 2.63. The van der Waals surface area contributed by atoms with E-state index < -0.39 is 5.79 Å². The second-order valence-corrected chi connectivity index (χ2v) is 7.96. The molecule has 0 amide bonds. The minimum absolute atomic E-state index is 0.212. The van der Waals surface area contributed by atoms with E-state index in [2.05, 4.69) is 19.9 Å². The molecule has 0 heterocycles. The Kier molecular flexibility index (Phi) is 9.87. The van der Waals surface area contributed by atoms with Gasteiger partial charge < -0.3 is 14.6 Å². The molecule has 4 heteroatoms. The lowest BCUT2D eigenvalue weighted by Crippen LogP contribution is -2.38. The maximum atomic E-state index is 10.1. The van der Waals surface area contributed by atoms with Crippen LogP contribution >= 0.6 is 0 Å². The molecule has 1 rings (SSSR count). The van der Waals surface area contributed by atoms with E-state index in [1.807, 2.05) is 44.2 Å². The molecule has 26 heavy (non-hydrogen) atoms. The van der Waals surface area contributed by atoms with Gasteiger partial charge in [0.1, 0.15) is 6.61 Å². The third-order valence-electron chi connectivity index (χ3n) is 4.54. The van der Waals surface area contributed by atoms with E-state index in [4.69, 9.17) is 14.7 Å². The predicted molar refractivity (Wildman–Crippen MR) is 104 cm³/mol. The molecule has 0 fully saturated rings. The highest BCUT2D eigenvalue weighted by molar-refractivity contribution is 5.20. The van der Waals surface area contributed by atoms with Gasteiger partial charge in [-0.15, -0.1) is 0 Å². The summed E-state index contributed by atoms with van der Waals surface area (Å²) in [5, 5.41) is 19.1. The second-order valence-electron chi connectivity index (χ2n) is 7.96. The number of unbranched alkanes of at least 4 members (excludes halogenated alkanes) is 2. The van der Waals surface area contributed by atoms with E-state index in [1.165, 1.54) is 0 Å². The van der Waals surface area contributed by atoms with Gasteiger partial charge in [-0.25, -0.2) is 0 Å². The number of aliphatic hydroxyl groups is 1. The summed E-state index contributed by atoms with van der Waals surface area (Å²) in [7, 11) is 0. The van der Waals surface area contributed by atoms with Crippen molar-refractivity contribution in [1.82, 2.24) is 0 Å². The number of nitrogens with zero attached hydrogens (tertiary/aromatic N) is 1. The van der Waals surface area contributed by atoms with Crippen LogP contribution in [0.15, 0.2) is 30.3 Å². The molecule has 4 nitrogen and oxygen atoms in total. The van der Waals surface area contributed by atoms with E-state index in [9.17, 15) is 5.11 Å². The minimum Gasteiger partial charge on any atom is -0.390 e. The van der Waals surface area contributed by atoms with Crippen molar-refractivity contribution in [3.8, 4) is 6.07 Å². The Labute approximate surface area is 159 Å². The standard InChI is InChI=1S/C22H35NO3/c1-19(2)13-16-26-22(18-24,20-11-7-5-8-12-20)25-15-10-6-9-14-21(3,4)17-23/h5,7-8,11-12,19,24H,6,9-10,13-16,18H2,1-4H3. The normalized spacial score (nSPS) is 14.2. The molecule has 1 aromatic rings. The lowest BCUT2D eigenvalue weighted by atomic mass is 9.89. The SMILES string of the molecule is CC(C)CCOC(CO)(OCCCCCC(C)(C)C#N)c1ccccc1. The van der Waals surface area contributed by atoms with Gasteiger partial charge in [0.25, 0.3) is 0 Å². The highest BCUT2D eigenvalue weighted by atomic mass is 16.7. The number of rotatable bonds is 13. The van der Waals surface area contributed by atoms with Gasteiger partial charge in [-0.3, -0.25) is 0 Å². The summed E-state index contributed by atoms with van der Waals surface area (Å²) in [6.07, 6.45) is 4.67. The van der Waals surface area contributed by atoms with E-state index in [0.29, 0.717) is 19.1 Å². The van der Waals surface area contributed by atoms with Crippen LogP contribution in [0.3, 0.4) is 0 Å². The lowest BCUT2D eigenvalue weighted by molar-refractivity contribution is -0.266. The number of nitriles is 1. The van der Waals surface area contributed by atoms with E-state index in [-0.39, 0.29) is 12.0 Å². The number of aliphatic hydroxyl groups excluding tert-OH is 1. The number of benzene rings is 1. The molecule has 0 saturated heterocycles. The summed E-state index contributed by atoms with van der Waals surface area (Å²) in [6.45, 7) is 9.09. The molecular weight excluding hydrogens is 326 g/mol. The number of hydrogen-bond donors (Lipinski definition) is 1. The first kappa shape index (κ1) is 22.6. The summed E-state index contributed by atoms with van der Waals surface area (Å²) in [4.78, 5) is 0. The molecule has 0 spiro atoms. The summed E-state index contributed by atoms with van der Waals surface area (Å²) >= 11 is 0. The lowest BCUT2D eigenvalue weighted by Gasteiger charge is -2.33. The Hall–Kier alpha value is -1.41. The minimum atomic E-state index is -1.10.